The topological polar surface area (TPSA) is 23.8 Å². The van der Waals surface area contributed by atoms with Gasteiger partial charge in [-0.05, 0) is 48.7 Å². The largest absolute Gasteiger partial charge is 0.416 e. The highest BCUT2D eigenvalue weighted by Crippen LogP contribution is 2.34. The number of halogens is 3. The summed E-state index contributed by atoms with van der Waals surface area (Å²) >= 11 is 0. The lowest BCUT2D eigenvalue weighted by molar-refractivity contribution is -0.137. The highest BCUT2D eigenvalue weighted by Gasteiger charge is 2.31. The van der Waals surface area contributed by atoms with Gasteiger partial charge in [-0.2, -0.15) is 18.4 Å². The molecule has 0 aliphatic carbocycles. The molecule has 2 rings (SSSR count). The highest BCUT2D eigenvalue weighted by atomic mass is 19.4. The number of aryl methyl sites for hydroxylation is 2. The molecule has 0 N–H and O–H groups in total. The lowest BCUT2D eigenvalue weighted by atomic mass is 9.95. The predicted molar refractivity (Wildman–Crippen MR) is 71.1 cm³/mol. The Morgan fingerprint density at radius 3 is 2.20 bits per heavy atom. The van der Waals surface area contributed by atoms with Crippen molar-refractivity contribution in [1.29, 1.82) is 5.26 Å². The van der Waals surface area contributed by atoms with E-state index in [4.69, 9.17) is 5.26 Å². The third-order valence-corrected chi connectivity index (χ3v) is 3.29. The van der Waals surface area contributed by atoms with Crippen molar-refractivity contribution >= 4 is 0 Å². The van der Waals surface area contributed by atoms with Crippen molar-refractivity contribution in [3.63, 3.8) is 0 Å². The molecule has 0 fully saturated rings. The van der Waals surface area contributed by atoms with Crippen LogP contribution in [-0.4, -0.2) is 0 Å². The Kier molecular flexibility index (Phi) is 3.54. The van der Waals surface area contributed by atoms with E-state index in [1.807, 2.05) is 26.0 Å². The van der Waals surface area contributed by atoms with Crippen LogP contribution in [0.25, 0.3) is 11.1 Å². The molecule has 2 aromatic rings. The average Bonchev–Trinajstić information content (AvgIpc) is 2.40. The van der Waals surface area contributed by atoms with E-state index in [0.29, 0.717) is 11.1 Å². The van der Waals surface area contributed by atoms with Crippen molar-refractivity contribution in [2.75, 3.05) is 0 Å². The van der Waals surface area contributed by atoms with E-state index in [-0.39, 0.29) is 5.56 Å². The zero-order chi connectivity index (χ0) is 14.9. The highest BCUT2D eigenvalue weighted by molar-refractivity contribution is 5.72. The molecule has 0 spiro atoms. The molecule has 0 unspecified atom stereocenters. The molecule has 20 heavy (non-hydrogen) atoms. The van der Waals surface area contributed by atoms with Gasteiger partial charge in [0.2, 0.25) is 0 Å². The minimum atomic E-state index is -4.41. The summed E-state index contributed by atoms with van der Waals surface area (Å²) in [6.07, 6.45) is -4.41. The summed E-state index contributed by atoms with van der Waals surface area (Å²) in [6, 6.07) is 10.5. The van der Waals surface area contributed by atoms with Crippen LogP contribution in [0.15, 0.2) is 36.4 Å². The number of rotatable bonds is 1. The van der Waals surface area contributed by atoms with Gasteiger partial charge in [0.25, 0.3) is 0 Å². The normalized spacial score (nSPS) is 11.2. The van der Waals surface area contributed by atoms with Gasteiger partial charge in [0.15, 0.2) is 0 Å². The molecule has 0 amide bonds. The maximum absolute atomic E-state index is 12.8. The van der Waals surface area contributed by atoms with Gasteiger partial charge in [-0.25, -0.2) is 0 Å². The van der Waals surface area contributed by atoms with Gasteiger partial charge in [-0.3, -0.25) is 0 Å². The summed E-state index contributed by atoms with van der Waals surface area (Å²) in [5.74, 6) is 0. The predicted octanol–water partition coefficient (Wildman–Crippen LogP) is 4.86. The van der Waals surface area contributed by atoms with Crippen molar-refractivity contribution in [2.45, 2.75) is 20.0 Å². The number of hydrogen-bond acceptors (Lipinski definition) is 1. The molecular formula is C16H12F3N. The van der Waals surface area contributed by atoms with Crippen molar-refractivity contribution in [2.24, 2.45) is 0 Å². The summed E-state index contributed by atoms with van der Waals surface area (Å²) in [4.78, 5) is 0. The monoisotopic (exact) mass is 275 g/mol. The maximum Gasteiger partial charge on any atom is 0.416 e. The molecule has 0 atom stereocenters. The lowest BCUT2D eigenvalue weighted by Crippen LogP contribution is -2.05. The van der Waals surface area contributed by atoms with Crippen LogP contribution in [-0.2, 0) is 6.18 Å². The van der Waals surface area contributed by atoms with Crippen LogP contribution in [0.3, 0.4) is 0 Å². The second-order valence-electron chi connectivity index (χ2n) is 4.67. The smallest absolute Gasteiger partial charge is 0.192 e. The summed E-state index contributed by atoms with van der Waals surface area (Å²) in [7, 11) is 0. The fourth-order valence-electron chi connectivity index (χ4n) is 1.97. The van der Waals surface area contributed by atoms with Gasteiger partial charge in [0.05, 0.1) is 17.2 Å². The van der Waals surface area contributed by atoms with Crippen LogP contribution < -0.4 is 0 Å². The van der Waals surface area contributed by atoms with Crippen molar-refractivity contribution in [1.82, 2.24) is 0 Å². The summed E-state index contributed by atoms with van der Waals surface area (Å²) in [6.45, 7) is 3.81. The molecule has 0 aliphatic heterocycles. The third kappa shape index (κ3) is 2.67. The van der Waals surface area contributed by atoms with Crippen LogP contribution in [0.4, 0.5) is 13.2 Å². The molecule has 0 saturated heterocycles. The standard InChI is InChI=1S/C16H12F3N/c1-10-3-4-12(7-11(10)2)15-8-14(16(17,18)19)6-5-13(15)9-20/h3-8H,1-2H3. The molecule has 0 heterocycles. The summed E-state index contributed by atoms with van der Waals surface area (Å²) in [5.41, 5.74) is 2.45. The zero-order valence-electron chi connectivity index (χ0n) is 11.0. The molecule has 102 valence electrons. The van der Waals surface area contributed by atoms with E-state index < -0.39 is 11.7 Å². The molecule has 0 aromatic heterocycles. The minimum Gasteiger partial charge on any atom is -0.192 e. The molecule has 0 saturated carbocycles. The Morgan fingerprint density at radius 1 is 0.950 bits per heavy atom. The van der Waals surface area contributed by atoms with Crippen molar-refractivity contribution in [3.8, 4) is 17.2 Å². The van der Waals surface area contributed by atoms with Crippen LogP contribution in [0.2, 0.25) is 0 Å². The van der Waals surface area contributed by atoms with E-state index in [0.717, 1.165) is 23.3 Å². The zero-order valence-corrected chi connectivity index (χ0v) is 11.0. The van der Waals surface area contributed by atoms with Gasteiger partial charge in [0, 0.05) is 5.56 Å². The molecular weight excluding hydrogens is 263 g/mol. The summed E-state index contributed by atoms with van der Waals surface area (Å²) in [5, 5.41) is 9.07. The number of nitrogens with zero attached hydrogens (tertiary/aromatic N) is 1. The minimum absolute atomic E-state index is 0.237. The number of alkyl halides is 3. The Balaban J connectivity index is 2.65. The number of nitriles is 1. The van der Waals surface area contributed by atoms with Gasteiger partial charge in [-0.1, -0.05) is 18.2 Å². The fourth-order valence-corrected chi connectivity index (χ4v) is 1.97. The van der Waals surface area contributed by atoms with Crippen LogP contribution in [0.1, 0.15) is 22.3 Å². The summed E-state index contributed by atoms with van der Waals surface area (Å²) < 4.78 is 38.3. The van der Waals surface area contributed by atoms with E-state index in [2.05, 4.69) is 0 Å². The van der Waals surface area contributed by atoms with Crippen molar-refractivity contribution in [3.05, 3.63) is 58.7 Å². The molecule has 0 radical (unpaired) electrons. The maximum atomic E-state index is 12.8. The van der Waals surface area contributed by atoms with Crippen molar-refractivity contribution < 1.29 is 13.2 Å². The first-order valence-corrected chi connectivity index (χ1v) is 6.02. The second kappa shape index (κ2) is 5.01. The van der Waals surface area contributed by atoms with Gasteiger partial charge in [0.1, 0.15) is 0 Å². The first-order valence-electron chi connectivity index (χ1n) is 6.02. The van der Waals surface area contributed by atoms with Crippen LogP contribution in [0, 0.1) is 25.2 Å². The fraction of sp³-hybridized carbons (Fsp3) is 0.188. The van der Waals surface area contributed by atoms with E-state index >= 15 is 0 Å². The van der Waals surface area contributed by atoms with Gasteiger partial charge >= 0.3 is 6.18 Å². The third-order valence-electron chi connectivity index (χ3n) is 3.29. The number of hydrogen-bond donors (Lipinski definition) is 0. The quantitative estimate of drug-likeness (QED) is 0.729. The lowest BCUT2D eigenvalue weighted by Gasteiger charge is -2.11. The van der Waals surface area contributed by atoms with E-state index in [1.54, 1.807) is 12.1 Å². The molecule has 4 heteroatoms. The van der Waals surface area contributed by atoms with Gasteiger partial charge < -0.3 is 0 Å². The van der Waals surface area contributed by atoms with E-state index in [1.165, 1.54) is 6.07 Å². The average molecular weight is 275 g/mol. The number of benzene rings is 2. The first kappa shape index (κ1) is 14.1. The Hall–Kier alpha value is -2.28. The second-order valence-corrected chi connectivity index (χ2v) is 4.67. The Morgan fingerprint density at radius 2 is 1.65 bits per heavy atom. The van der Waals surface area contributed by atoms with Crippen LogP contribution in [0.5, 0.6) is 0 Å². The SMILES string of the molecule is Cc1ccc(-c2cc(C(F)(F)F)ccc2C#N)cc1C. The van der Waals surface area contributed by atoms with Gasteiger partial charge in [-0.15, -0.1) is 0 Å². The molecule has 1 nitrogen and oxygen atoms in total. The molecule has 2 aromatic carbocycles. The Bertz CT molecular complexity index is 694. The Labute approximate surface area is 115 Å². The molecule has 0 bridgehead atoms. The van der Waals surface area contributed by atoms with E-state index in [9.17, 15) is 13.2 Å². The first-order chi connectivity index (χ1) is 9.32. The molecule has 0 aliphatic rings. The van der Waals surface area contributed by atoms with Crippen LogP contribution >= 0.6 is 0 Å².